The fourth-order valence-corrected chi connectivity index (χ4v) is 2.55. The van der Waals surface area contributed by atoms with Gasteiger partial charge in [-0.15, -0.1) is 0 Å². The minimum Gasteiger partial charge on any atom is -0.452 e. The van der Waals surface area contributed by atoms with Crippen molar-refractivity contribution in [1.29, 1.82) is 0 Å². The number of hydrogen-bond donors (Lipinski definition) is 1. The highest BCUT2D eigenvalue weighted by Gasteiger charge is 2.14. The van der Waals surface area contributed by atoms with E-state index in [0.29, 0.717) is 10.4 Å². The Kier molecular flexibility index (Phi) is 6.49. The number of ether oxygens (including phenoxy) is 1. The molecule has 5 nitrogen and oxygen atoms in total. The van der Waals surface area contributed by atoms with Crippen molar-refractivity contribution in [2.75, 3.05) is 11.9 Å². The van der Waals surface area contributed by atoms with Gasteiger partial charge in [0.2, 0.25) is 0 Å². The van der Waals surface area contributed by atoms with Gasteiger partial charge in [0.15, 0.2) is 6.61 Å². The smallest absolute Gasteiger partial charge is 0.340 e. The minimum atomic E-state index is -0.589. The maximum Gasteiger partial charge on any atom is 0.340 e. The molecule has 0 aliphatic heterocycles. The lowest BCUT2D eigenvalue weighted by atomic mass is 9.97. The van der Waals surface area contributed by atoms with Crippen LogP contribution in [0, 0.1) is 0 Å². The van der Waals surface area contributed by atoms with Crippen molar-refractivity contribution < 1.29 is 14.3 Å². The molecule has 0 radical (unpaired) electrons. The van der Waals surface area contributed by atoms with Gasteiger partial charge in [-0.25, -0.2) is 4.79 Å². The molecule has 1 amide bonds. The number of nitrogens with zero attached hydrogens (tertiary/aromatic N) is 1. The van der Waals surface area contributed by atoms with E-state index in [1.165, 1.54) is 6.20 Å². The number of para-hydroxylation sites is 1. The van der Waals surface area contributed by atoms with Gasteiger partial charge in [-0.1, -0.05) is 32.0 Å². The summed E-state index contributed by atoms with van der Waals surface area (Å²) in [4.78, 5) is 27.9. The first kappa shape index (κ1) is 18.1. The average Bonchev–Trinajstić information content (AvgIpc) is 2.59. The summed E-state index contributed by atoms with van der Waals surface area (Å²) in [7, 11) is 0. The normalized spacial score (nSPS) is 11.6. The Morgan fingerprint density at radius 1 is 1.29 bits per heavy atom. The third-order valence-corrected chi connectivity index (χ3v) is 4.09. The average molecular weight is 391 g/mol. The number of esters is 1. The molecule has 24 heavy (non-hydrogen) atoms. The number of aromatic nitrogens is 1. The molecule has 1 N–H and O–H groups in total. The Morgan fingerprint density at radius 2 is 2.04 bits per heavy atom. The van der Waals surface area contributed by atoms with Crippen LogP contribution in [0.25, 0.3) is 0 Å². The van der Waals surface area contributed by atoms with Crippen molar-refractivity contribution in [1.82, 2.24) is 4.98 Å². The molecule has 0 bridgehead atoms. The summed E-state index contributed by atoms with van der Waals surface area (Å²) >= 11 is 3.23. The molecular formula is C18H19BrN2O3. The summed E-state index contributed by atoms with van der Waals surface area (Å²) in [6.07, 6.45) is 3.93. The van der Waals surface area contributed by atoms with Crippen molar-refractivity contribution in [2.45, 2.75) is 26.2 Å². The molecule has 0 fully saturated rings. The Morgan fingerprint density at radius 3 is 2.75 bits per heavy atom. The van der Waals surface area contributed by atoms with Gasteiger partial charge in [-0.05, 0) is 46.0 Å². The molecule has 2 rings (SSSR count). The Bertz CT molecular complexity index is 734. The van der Waals surface area contributed by atoms with Crippen molar-refractivity contribution in [3.63, 3.8) is 0 Å². The SMILES string of the molecule is CC[C@H](C)c1ccccc1NC(=O)COC(=O)c1cncc(Br)c1. The molecule has 2 aromatic rings. The number of amides is 1. The molecular weight excluding hydrogens is 372 g/mol. The standard InChI is InChI=1S/C18H19BrN2O3/c1-3-12(2)15-6-4-5-7-16(15)21-17(22)11-24-18(23)13-8-14(19)10-20-9-13/h4-10,12H,3,11H2,1-2H3,(H,21,22)/t12-/m0/s1. The highest BCUT2D eigenvalue weighted by atomic mass is 79.9. The largest absolute Gasteiger partial charge is 0.452 e. The minimum absolute atomic E-state index is 0.289. The van der Waals surface area contributed by atoms with E-state index in [9.17, 15) is 9.59 Å². The summed E-state index contributed by atoms with van der Waals surface area (Å²) in [5, 5.41) is 2.80. The van der Waals surface area contributed by atoms with E-state index in [-0.39, 0.29) is 18.1 Å². The third kappa shape index (κ3) is 4.89. The van der Waals surface area contributed by atoms with Gasteiger partial charge in [0.1, 0.15) is 0 Å². The van der Waals surface area contributed by atoms with E-state index in [2.05, 4.69) is 40.1 Å². The quantitative estimate of drug-likeness (QED) is 0.752. The van der Waals surface area contributed by atoms with Gasteiger partial charge in [-0.3, -0.25) is 9.78 Å². The van der Waals surface area contributed by atoms with Crippen molar-refractivity contribution >= 4 is 33.5 Å². The van der Waals surface area contributed by atoms with E-state index >= 15 is 0 Å². The van der Waals surface area contributed by atoms with Crippen LogP contribution in [-0.2, 0) is 9.53 Å². The maximum absolute atomic E-state index is 12.1. The lowest BCUT2D eigenvalue weighted by Crippen LogP contribution is -2.21. The number of nitrogens with one attached hydrogen (secondary N) is 1. The first-order valence-electron chi connectivity index (χ1n) is 7.67. The highest BCUT2D eigenvalue weighted by Crippen LogP contribution is 2.26. The zero-order valence-corrected chi connectivity index (χ0v) is 15.2. The monoisotopic (exact) mass is 390 g/mol. The number of rotatable bonds is 6. The van der Waals surface area contributed by atoms with Crippen LogP contribution in [-0.4, -0.2) is 23.5 Å². The lowest BCUT2D eigenvalue weighted by molar-refractivity contribution is -0.119. The van der Waals surface area contributed by atoms with Crippen LogP contribution in [0.1, 0.15) is 42.1 Å². The van der Waals surface area contributed by atoms with E-state index in [4.69, 9.17) is 4.74 Å². The fraction of sp³-hybridized carbons (Fsp3) is 0.278. The van der Waals surface area contributed by atoms with Gasteiger partial charge in [-0.2, -0.15) is 0 Å². The second-order valence-corrected chi connectivity index (χ2v) is 6.33. The molecule has 0 saturated heterocycles. The Balaban J connectivity index is 1.96. The summed E-state index contributed by atoms with van der Waals surface area (Å²) in [5.74, 6) is -0.631. The van der Waals surface area contributed by atoms with Gasteiger partial charge in [0.05, 0.1) is 5.56 Å². The highest BCUT2D eigenvalue weighted by molar-refractivity contribution is 9.10. The van der Waals surface area contributed by atoms with Crippen LogP contribution >= 0.6 is 15.9 Å². The number of carbonyl (C=O) groups is 2. The van der Waals surface area contributed by atoms with Crippen molar-refractivity contribution in [3.05, 3.63) is 58.3 Å². The van der Waals surface area contributed by atoms with Crippen LogP contribution in [0.4, 0.5) is 5.69 Å². The molecule has 126 valence electrons. The van der Waals surface area contributed by atoms with Gasteiger partial charge >= 0.3 is 5.97 Å². The van der Waals surface area contributed by atoms with E-state index in [0.717, 1.165) is 17.7 Å². The van der Waals surface area contributed by atoms with E-state index in [1.807, 2.05) is 24.3 Å². The van der Waals surface area contributed by atoms with Crippen LogP contribution in [0.2, 0.25) is 0 Å². The van der Waals surface area contributed by atoms with Crippen molar-refractivity contribution in [2.24, 2.45) is 0 Å². The first-order chi connectivity index (χ1) is 11.5. The van der Waals surface area contributed by atoms with E-state index < -0.39 is 5.97 Å². The summed E-state index contributed by atoms with van der Waals surface area (Å²) in [5.41, 5.74) is 2.10. The topological polar surface area (TPSA) is 68.3 Å². The molecule has 0 aliphatic carbocycles. The molecule has 0 aliphatic rings. The maximum atomic E-state index is 12.1. The Hall–Kier alpha value is -2.21. The van der Waals surface area contributed by atoms with Gasteiger partial charge in [0, 0.05) is 22.6 Å². The van der Waals surface area contributed by atoms with Crippen molar-refractivity contribution in [3.8, 4) is 0 Å². The second kappa shape index (κ2) is 8.59. The molecule has 1 atom stereocenters. The zero-order chi connectivity index (χ0) is 17.5. The van der Waals surface area contributed by atoms with Gasteiger partial charge < -0.3 is 10.1 Å². The Labute approximate surface area is 149 Å². The van der Waals surface area contributed by atoms with Crippen LogP contribution in [0.5, 0.6) is 0 Å². The zero-order valence-electron chi connectivity index (χ0n) is 13.6. The first-order valence-corrected chi connectivity index (χ1v) is 8.47. The lowest BCUT2D eigenvalue weighted by Gasteiger charge is -2.15. The molecule has 0 spiro atoms. The van der Waals surface area contributed by atoms with Gasteiger partial charge in [0.25, 0.3) is 5.91 Å². The number of carbonyl (C=O) groups excluding carboxylic acids is 2. The predicted molar refractivity (Wildman–Crippen MR) is 96.0 cm³/mol. The second-order valence-electron chi connectivity index (χ2n) is 5.41. The fourth-order valence-electron chi connectivity index (χ4n) is 2.18. The molecule has 0 saturated carbocycles. The summed E-state index contributed by atoms with van der Waals surface area (Å²) < 4.78 is 5.70. The predicted octanol–water partition coefficient (Wildman–Crippen LogP) is 4.15. The number of pyridine rings is 1. The van der Waals surface area contributed by atoms with E-state index in [1.54, 1.807) is 12.3 Å². The van der Waals surface area contributed by atoms with Crippen LogP contribution in [0.3, 0.4) is 0 Å². The molecule has 1 aromatic carbocycles. The number of halogens is 1. The van der Waals surface area contributed by atoms with Crippen LogP contribution in [0.15, 0.2) is 47.2 Å². The van der Waals surface area contributed by atoms with Crippen LogP contribution < -0.4 is 5.32 Å². The number of benzene rings is 1. The number of anilines is 1. The molecule has 0 unspecified atom stereocenters. The molecule has 1 aromatic heterocycles. The molecule has 6 heteroatoms. The summed E-state index contributed by atoms with van der Waals surface area (Å²) in [6, 6.07) is 9.23. The number of hydrogen-bond acceptors (Lipinski definition) is 4. The summed E-state index contributed by atoms with van der Waals surface area (Å²) in [6.45, 7) is 3.85. The molecule has 1 heterocycles. The third-order valence-electron chi connectivity index (χ3n) is 3.65.